The van der Waals surface area contributed by atoms with E-state index in [2.05, 4.69) is 27.7 Å². The van der Waals surface area contributed by atoms with Crippen LogP contribution in [0.3, 0.4) is 0 Å². The Bertz CT molecular complexity index is 190. The van der Waals surface area contributed by atoms with Gasteiger partial charge in [-0.25, -0.2) is 0 Å². The van der Waals surface area contributed by atoms with Crippen molar-refractivity contribution in [1.82, 2.24) is 4.90 Å². The van der Waals surface area contributed by atoms with Crippen molar-refractivity contribution < 1.29 is 4.79 Å². The molecule has 0 aliphatic heterocycles. The molecule has 1 atom stereocenters. The summed E-state index contributed by atoms with van der Waals surface area (Å²) < 4.78 is 0. The highest BCUT2D eigenvalue weighted by Crippen LogP contribution is 2.07. The predicted octanol–water partition coefficient (Wildman–Crippen LogP) is 1.86. The number of rotatable bonds is 6. The molecule has 0 fully saturated rings. The fraction of sp³-hybridized carbons (Fsp3) is 0.917. The van der Waals surface area contributed by atoms with Gasteiger partial charge in [0.15, 0.2) is 0 Å². The molecule has 0 spiro atoms. The van der Waals surface area contributed by atoms with Crippen LogP contribution in [-0.2, 0) is 4.79 Å². The SMILES string of the molecule is CCN(CC(C)C)C(=O)[C@@H](N)CC(C)C. The zero-order valence-corrected chi connectivity index (χ0v) is 10.8. The molecule has 2 N–H and O–H groups in total. The molecule has 1 amide bonds. The standard InChI is InChI=1S/C12H26N2O/c1-6-14(8-10(4)5)12(15)11(13)7-9(2)3/h9-11H,6-8,13H2,1-5H3/t11-/m0/s1. The van der Waals surface area contributed by atoms with Gasteiger partial charge in [0.1, 0.15) is 0 Å². The van der Waals surface area contributed by atoms with Gasteiger partial charge in [-0.2, -0.15) is 0 Å². The molecule has 0 rings (SSSR count). The van der Waals surface area contributed by atoms with E-state index in [0.717, 1.165) is 19.5 Å². The first kappa shape index (κ1) is 14.4. The van der Waals surface area contributed by atoms with Crippen molar-refractivity contribution in [3.05, 3.63) is 0 Å². The maximum absolute atomic E-state index is 11.9. The average molecular weight is 214 g/mol. The number of nitrogens with zero attached hydrogens (tertiary/aromatic N) is 1. The van der Waals surface area contributed by atoms with Gasteiger partial charge in [-0.15, -0.1) is 0 Å². The van der Waals surface area contributed by atoms with Gasteiger partial charge in [-0.05, 0) is 25.2 Å². The van der Waals surface area contributed by atoms with Gasteiger partial charge in [-0.3, -0.25) is 4.79 Å². The van der Waals surface area contributed by atoms with Gasteiger partial charge < -0.3 is 10.6 Å². The second kappa shape index (κ2) is 6.83. The van der Waals surface area contributed by atoms with Crippen LogP contribution in [-0.4, -0.2) is 29.9 Å². The maximum Gasteiger partial charge on any atom is 0.239 e. The van der Waals surface area contributed by atoms with Gasteiger partial charge in [0.05, 0.1) is 6.04 Å². The Hall–Kier alpha value is -0.570. The second-order valence-corrected chi connectivity index (χ2v) is 5.01. The molecule has 0 aromatic heterocycles. The number of likely N-dealkylation sites (N-methyl/N-ethyl adjacent to an activating group) is 1. The van der Waals surface area contributed by atoms with Gasteiger partial charge >= 0.3 is 0 Å². The highest BCUT2D eigenvalue weighted by Gasteiger charge is 2.20. The van der Waals surface area contributed by atoms with Crippen molar-refractivity contribution in [2.75, 3.05) is 13.1 Å². The molecule has 0 aliphatic carbocycles. The summed E-state index contributed by atoms with van der Waals surface area (Å²) in [5.41, 5.74) is 5.88. The minimum atomic E-state index is -0.330. The van der Waals surface area contributed by atoms with Gasteiger partial charge in [-0.1, -0.05) is 27.7 Å². The lowest BCUT2D eigenvalue weighted by atomic mass is 10.0. The Morgan fingerprint density at radius 3 is 2.07 bits per heavy atom. The highest BCUT2D eigenvalue weighted by molar-refractivity contribution is 5.81. The van der Waals surface area contributed by atoms with Crippen molar-refractivity contribution in [1.29, 1.82) is 0 Å². The van der Waals surface area contributed by atoms with Crippen molar-refractivity contribution in [3.63, 3.8) is 0 Å². The summed E-state index contributed by atoms with van der Waals surface area (Å²) >= 11 is 0. The van der Waals surface area contributed by atoms with E-state index in [0.29, 0.717) is 11.8 Å². The van der Waals surface area contributed by atoms with Crippen LogP contribution in [0.5, 0.6) is 0 Å². The summed E-state index contributed by atoms with van der Waals surface area (Å²) in [6.07, 6.45) is 0.771. The Labute approximate surface area is 94.0 Å². The molecule has 0 aromatic rings. The van der Waals surface area contributed by atoms with Crippen LogP contribution in [0.15, 0.2) is 0 Å². The number of hydrogen-bond acceptors (Lipinski definition) is 2. The fourth-order valence-electron chi connectivity index (χ4n) is 1.66. The Morgan fingerprint density at radius 2 is 1.73 bits per heavy atom. The van der Waals surface area contributed by atoms with E-state index in [1.807, 2.05) is 11.8 Å². The zero-order valence-electron chi connectivity index (χ0n) is 10.8. The monoisotopic (exact) mass is 214 g/mol. The second-order valence-electron chi connectivity index (χ2n) is 5.01. The molecule has 0 aliphatic rings. The zero-order chi connectivity index (χ0) is 12.0. The smallest absolute Gasteiger partial charge is 0.239 e. The van der Waals surface area contributed by atoms with E-state index in [-0.39, 0.29) is 11.9 Å². The van der Waals surface area contributed by atoms with Gasteiger partial charge in [0.2, 0.25) is 5.91 Å². The molecule has 3 nitrogen and oxygen atoms in total. The van der Waals surface area contributed by atoms with E-state index >= 15 is 0 Å². The summed E-state index contributed by atoms with van der Waals surface area (Å²) in [5, 5.41) is 0. The summed E-state index contributed by atoms with van der Waals surface area (Å²) in [7, 11) is 0. The number of carbonyl (C=O) groups excluding carboxylic acids is 1. The molecule has 0 bridgehead atoms. The predicted molar refractivity (Wildman–Crippen MR) is 64.5 cm³/mol. The first-order chi connectivity index (χ1) is 6.88. The molecule has 0 heterocycles. The molecule has 0 aromatic carbocycles. The summed E-state index contributed by atoms with van der Waals surface area (Å²) in [6, 6.07) is -0.330. The quantitative estimate of drug-likeness (QED) is 0.733. The molecule has 3 heteroatoms. The third-order valence-electron chi connectivity index (χ3n) is 2.32. The Balaban J connectivity index is 4.24. The van der Waals surface area contributed by atoms with Crippen LogP contribution in [0.25, 0.3) is 0 Å². The largest absolute Gasteiger partial charge is 0.341 e. The number of nitrogens with two attached hydrogens (primary N) is 1. The fourth-order valence-corrected chi connectivity index (χ4v) is 1.66. The van der Waals surface area contributed by atoms with Gasteiger partial charge in [0.25, 0.3) is 0 Å². The van der Waals surface area contributed by atoms with E-state index in [1.165, 1.54) is 0 Å². The minimum Gasteiger partial charge on any atom is -0.341 e. The number of hydrogen-bond donors (Lipinski definition) is 1. The molecule has 0 unspecified atom stereocenters. The minimum absolute atomic E-state index is 0.0971. The summed E-state index contributed by atoms with van der Waals surface area (Å²) in [6.45, 7) is 12.0. The third kappa shape index (κ3) is 5.78. The Morgan fingerprint density at radius 1 is 1.20 bits per heavy atom. The molecular weight excluding hydrogens is 188 g/mol. The van der Waals surface area contributed by atoms with Crippen molar-refractivity contribution in [3.8, 4) is 0 Å². The summed E-state index contributed by atoms with van der Waals surface area (Å²) in [4.78, 5) is 13.8. The lowest BCUT2D eigenvalue weighted by Crippen LogP contribution is -2.45. The normalized spacial score (nSPS) is 13.3. The Kier molecular flexibility index (Phi) is 6.57. The van der Waals surface area contributed by atoms with E-state index < -0.39 is 0 Å². The molecule has 90 valence electrons. The van der Waals surface area contributed by atoms with Crippen molar-refractivity contribution in [2.45, 2.75) is 47.1 Å². The topological polar surface area (TPSA) is 46.3 Å². The maximum atomic E-state index is 11.9. The van der Waals surface area contributed by atoms with Gasteiger partial charge in [0, 0.05) is 13.1 Å². The average Bonchev–Trinajstić information content (AvgIpc) is 2.11. The van der Waals surface area contributed by atoms with Crippen LogP contribution in [0.2, 0.25) is 0 Å². The van der Waals surface area contributed by atoms with Crippen LogP contribution < -0.4 is 5.73 Å². The highest BCUT2D eigenvalue weighted by atomic mass is 16.2. The first-order valence-electron chi connectivity index (χ1n) is 5.92. The van der Waals surface area contributed by atoms with E-state index in [4.69, 9.17) is 5.73 Å². The van der Waals surface area contributed by atoms with Crippen molar-refractivity contribution in [2.24, 2.45) is 17.6 Å². The molecular formula is C12H26N2O. The number of amides is 1. The van der Waals surface area contributed by atoms with E-state index in [9.17, 15) is 4.79 Å². The van der Waals surface area contributed by atoms with E-state index in [1.54, 1.807) is 0 Å². The van der Waals surface area contributed by atoms with Crippen molar-refractivity contribution >= 4 is 5.91 Å². The lowest BCUT2D eigenvalue weighted by Gasteiger charge is -2.26. The molecule has 15 heavy (non-hydrogen) atoms. The van der Waals surface area contributed by atoms with Crippen LogP contribution in [0.4, 0.5) is 0 Å². The number of carbonyl (C=O) groups is 1. The lowest BCUT2D eigenvalue weighted by molar-refractivity contribution is -0.133. The van der Waals surface area contributed by atoms with Crippen LogP contribution in [0, 0.1) is 11.8 Å². The molecule has 0 saturated heterocycles. The molecule has 0 radical (unpaired) electrons. The van der Waals surface area contributed by atoms with Crippen LogP contribution >= 0.6 is 0 Å². The van der Waals surface area contributed by atoms with Crippen LogP contribution in [0.1, 0.15) is 41.0 Å². The molecule has 0 saturated carbocycles. The summed E-state index contributed by atoms with van der Waals surface area (Å²) in [5.74, 6) is 1.07. The first-order valence-corrected chi connectivity index (χ1v) is 5.92. The third-order valence-corrected chi connectivity index (χ3v) is 2.32.